The fraction of sp³-hybridized carbons (Fsp3) is 0.545. The fourth-order valence-electron chi connectivity index (χ4n) is 2.75. The van der Waals surface area contributed by atoms with Crippen LogP contribution in [0.3, 0.4) is 0 Å². The number of carbonyl (C=O) groups excluding carboxylic acids is 2. The molecule has 0 saturated carbocycles. The third kappa shape index (κ3) is 2.41. The zero-order valence-electron chi connectivity index (χ0n) is 11.5. The van der Waals surface area contributed by atoms with Crippen molar-refractivity contribution in [3.8, 4) is 0 Å². The van der Waals surface area contributed by atoms with Crippen LogP contribution in [0.15, 0.2) is 18.7 Å². The van der Waals surface area contributed by atoms with Gasteiger partial charge in [-0.1, -0.05) is 0 Å². The fourth-order valence-corrected chi connectivity index (χ4v) is 3.59. The van der Waals surface area contributed by atoms with Gasteiger partial charge in [0, 0.05) is 18.9 Å². The molecule has 4 rings (SSSR count). The molecule has 4 heterocycles. The van der Waals surface area contributed by atoms with Crippen LogP contribution in [-0.2, 0) is 19.4 Å². The van der Waals surface area contributed by atoms with Crippen LogP contribution in [0.1, 0.15) is 19.3 Å². The summed E-state index contributed by atoms with van der Waals surface area (Å²) in [5.74, 6) is -0.603. The van der Waals surface area contributed by atoms with Crippen LogP contribution in [-0.4, -0.2) is 57.9 Å². The number of hydroxylamine groups is 2. The number of carbonyl (C=O) groups is 2. The number of imidazole rings is 1. The first kappa shape index (κ1) is 14.8. The first-order valence-corrected chi connectivity index (χ1v) is 8.09. The molecule has 0 aliphatic carbocycles. The molecule has 11 heteroatoms. The monoisotopic (exact) mass is 329 g/mol. The van der Waals surface area contributed by atoms with E-state index < -0.39 is 34.3 Å². The number of aromatic nitrogens is 2. The van der Waals surface area contributed by atoms with Crippen LogP contribution in [0.4, 0.5) is 4.79 Å². The van der Waals surface area contributed by atoms with Gasteiger partial charge in [-0.25, -0.2) is 13.8 Å². The van der Waals surface area contributed by atoms with E-state index in [4.69, 9.17) is 10.0 Å². The Bertz CT molecular complexity index is 688. The molecule has 120 valence electrons. The molecule has 2 bridgehead atoms. The van der Waals surface area contributed by atoms with Crippen molar-refractivity contribution in [3.63, 3.8) is 0 Å². The second-order valence-electron chi connectivity index (χ2n) is 5.16. The number of nitrogens with zero attached hydrogens (tertiary/aromatic N) is 4. The van der Waals surface area contributed by atoms with Gasteiger partial charge in [0.1, 0.15) is 12.4 Å². The summed E-state index contributed by atoms with van der Waals surface area (Å²) in [6.45, 7) is 0.349. The molecule has 10 nitrogen and oxygen atoms in total. The summed E-state index contributed by atoms with van der Waals surface area (Å²) < 4.78 is 29.9. The minimum absolute atomic E-state index is 0.349. The van der Waals surface area contributed by atoms with Crippen LogP contribution >= 0.6 is 0 Å². The van der Waals surface area contributed by atoms with E-state index in [9.17, 15) is 18.0 Å². The van der Waals surface area contributed by atoms with Crippen molar-refractivity contribution in [1.29, 1.82) is 0 Å². The van der Waals surface area contributed by atoms with Gasteiger partial charge in [-0.3, -0.25) is 4.79 Å². The Hall–Kier alpha value is -2.14. The summed E-state index contributed by atoms with van der Waals surface area (Å²) in [6.07, 6.45) is 4.87. The largest absolute Gasteiger partial charge is 0.388 e. The molecule has 2 atom stereocenters. The summed E-state index contributed by atoms with van der Waals surface area (Å²) in [4.78, 5) is 28.7. The maximum Gasteiger partial charge on any atom is 0.388 e. The van der Waals surface area contributed by atoms with Crippen molar-refractivity contribution in [2.45, 2.75) is 31.3 Å². The Morgan fingerprint density at radius 1 is 1.36 bits per heavy atom. The van der Waals surface area contributed by atoms with Crippen LogP contribution in [0.5, 0.6) is 0 Å². The molecule has 3 aliphatic rings. The number of primary amides is 1. The number of amides is 3. The van der Waals surface area contributed by atoms with E-state index in [-0.39, 0.29) is 0 Å². The van der Waals surface area contributed by atoms with Gasteiger partial charge in [0.25, 0.3) is 0 Å². The quantitative estimate of drug-likeness (QED) is 0.758. The second-order valence-corrected chi connectivity index (χ2v) is 6.59. The minimum Gasteiger partial charge on any atom is -0.368 e. The normalized spacial score (nSPS) is 25.4. The van der Waals surface area contributed by atoms with E-state index in [1.165, 1.54) is 17.3 Å². The average molecular weight is 329 g/mol. The lowest BCUT2D eigenvalue weighted by Crippen LogP contribution is -2.57. The number of rotatable bonds is 4. The van der Waals surface area contributed by atoms with Crippen LogP contribution in [0.25, 0.3) is 0 Å². The van der Waals surface area contributed by atoms with E-state index in [0.29, 0.717) is 25.8 Å². The molecule has 1 aromatic rings. The highest BCUT2D eigenvalue weighted by Crippen LogP contribution is 2.29. The molecule has 0 radical (unpaired) electrons. The molecule has 1 aromatic heterocycles. The van der Waals surface area contributed by atoms with E-state index in [1.807, 2.05) is 0 Å². The lowest BCUT2D eigenvalue weighted by atomic mass is 10.1. The van der Waals surface area contributed by atoms with Gasteiger partial charge in [0.05, 0.1) is 6.04 Å². The van der Waals surface area contributed by atoms with Crippen LogP contribution in [0, 0.1) is 0 Å². The van der Waals surface area contributed by atoms with Gasteiger partial charge in [0.2, 0.25) is 5.91 Å². The van der Waals surface area contributed by atoms with Crippen molar-refractivity contribution in [2.75, 3.05) is 6.54 Å². The number of hydrogen-bond donors (Lipinski definition) is 1. The van der Waals surface area contributed by atoms with Gasteiger partial charge >= 0.3 is 16.3 Å². The van der Waals surface area contributed by atoms with E-state index in [0.717, 1.165) is 15.4 Å². The van der Waals surface area contributed by atoms with Crippen molar-refractivity contribution in [1.82, 2.24) is 18.9 Å². The Morgan fingerprint density at radius 3 is 2.77 bits per heavy atom. The highest BCUT2D eigenvalue weighted by atomic mass is 32.2. The zero-order valence-corrected chi connectivity index (χ0v) is 12.3. The third-order valence-electron chi connectivity index (χ3n) is 3.86. The lowest BCUT2D eigenvalue weighted by molar-refractivity contribution is -0.123. The zero-order chi connectivity index (χ0) is 15.9. The van der Waals surface area contributed by atoms with Crippen LogP contribution < -0.4 is 5.73 Å². The Labute approximate surface area is 126 Å². The Morgan fingerprint density at radius 2 is 2.14 bits per heavy atom. The van der Waals surface area contributed by atoms with Crippen molar-refractivity contribution >= 4 is 22.2 Å². The topological polar surface area (TPSA) is 128 Å². The van der Waals surface area contributed by atoms with E-state index >= 15 is 0 Å². The molecule has 3 saturated heterocycles. The minimum atomic E-state index is -4.21. The number of fused-ring (bicyclic) bond motifs is 4. The molecule has 0 unspecified atom stereocenters. The van der Waals surface area contributed by atoms with Gasteiger partial charge < -0.3 is 10.6 Å². The van der Waals surface area contributed by atoms with Gasteiger partial charge in [0.15, 0.2) is 0 Å². The number of urea groups is 1. The first-order chi connectivity index (χ1) is 10.4. The predicted molar refractivity (Wildman–Crippen MR) is 72.2 cm³/mol. The summed E-state index contributed by atoms with van der Waals surface area (Å²) in [6, 6.07) is -1.81. The van der Waals surface area contributed by atoms with Crippen molar-refractivity contribution < 1.29 is 22.3 Å². The highest BCUT2D eigenvalue weighted by Gasteiger charge is 2.45. The highest BCUT2D eigenvalue weighted by molar-refractivity contribution is 7.85. The average Bonchev–Trinajstić information content (AvgIpc) is 2.87. The summed E-state index contributed by atoms with van der Waals surface area (Å²) in [5.41, 5.74) is 5.31. The maximum atomic E-state index is 12.4. The second kappa shape index (κ2) is 5.25. The number of nitrogens with two attached hydrogens (primary N) is 1. The summed E-state index contributed by atoms with van der Waals surface area (Å²) in [7, 11) is -4.21. The van der Waals surface area contributed by atoms with E-state index in [1.54, 1.807) is 0 Å². The van der Waals surface area contributed by atoms with Crippen molar-refractivity contribution in [3.05, 3.63) is 18.7 Å². The standard InChI is InChI=1S/C11H15N5O5S/c12-10(17)9-2-1-8-3-5-15(9)11(18)16(8)21-22(19,20)14-6-4-13-7-14/h4,6-9H,1-3,5H2,(H2,12,17)/t8-,9+/m1/s1. The third-order valence-corrected chi connectivity index (χ3v) is 4.94. The van der Waals surface area contributed by atoms with Gasteiger partial charge in [-0.2, -0.15) is 13.5 Å². The predicted octanol–water partition coefficient (Wildman–Crippen LogP) is -0.948. The summed E-state index contributed by atoms with van der Waals surface area (Å²) >= 11 is 0. The molecular weight excluding hydrogens is 314 g/mol. The van der Waals surface area contributed by atoms with Gasteiger partial charge in [-0.05, 0) is 19.3 Å². The molecule has 22 heavy (non-hydrogen) atoms. The van der Waals surface area contributed by atoms with Crippen LogP contribution in [0.2, 0.25) is 0 Å². The smallest absolute Gasteiger partial charge is 0.368 e. The van der Waals surface area contributed by atoms with E-state index in [2.05, 4.69) is 4.98 Å². The Kier molecular flexibility index (Phi) is 3.53. The molecule has 3 aliphatic heterocycles. The first-order valence-electron chi connectivity index (χ1n) is 6.72. The molecule has 3 amide bonds. The summed E-state index contributed by atoms with van der Waals surface area (Å²) in [5, 5.41) is 0.821. The molecular formula is C11H15N5O5S. The van der Waals surface area contributed by atoms with Crippen molar-refractivity contribution in [2.24, 2.45) is 5.73 Å². The lowest BCUT2D eigenvalue weighted by Gasteiger charge is -2.37. The SMILES string of the molecule is NC(=O)[C@@H]1CC[C@@H]2CCN1C(=O)N2OS(=O)(=O)n1ccnc1. The van der Waals surface area contributed by atoms with Gasteiger partial charge in [-0.15, -0.1) is 4.28 Å². The number of hydrogen-bond acceptors (Lipinski definition) is 6. The molecule has 0 aromatic carbocycles. The molecule has 0 spiro atoms. The maximum absolute atomic E-state index is 12.4. The Balaban J connectivity index is 1.86. The molecule has 2 N–H and O–H groups in total. The molecule has 3 fully saturated rings.